The summed E-state index contributed by atoms with van der Waals surface area (Å²) in [6.07, 6.45) is 0.00971. The molecule has 4 heterocycles. The van der Waals surface area contributed by atoms with E-state index >= 15 is 8.78 Å². The molecule has 7 rings (SSSR count). The summed E-state index contributed by atoms with van der Waals surface area (Å²) in [4.78, 5) is 23.7. The van der Waals surface area contributed by atoms with Crippen molar-refractivity contribution < 1.29 is 32.2 Å². The van der Waals surface area contributed by atoms with Crippen molar-refractivity contribution in [2.75, 3.05) is 40.0 Å². The molecule has 0 amide bonds. The van der Waals surface area contributed by atoms with Crippen LogP contribution < -0.4 is 4.74 Å². The number of benzene rings is 3. The van der Waals surface area contributed by atoms with Crippen molar-refractivity contribution in [1.29, 1.82) is 5.26 Å². The third-order valence-electron chi connectivity index (χ3n) is 8.86. The van der Waals surface area contributed by atoms with Gasteiger partial charge in [0.15, 0.2) is 0 Å². The van der Waals surface area contributed by atoms with E-state index in [2.05, 4.69) is 9.88 Å². The normalized spacial score (nSPS) is 15.1. The van der Waals surface area contributed by atoms with Crippen LogP contribution in [0.4, 0.5) is 13.2 Å². The zero-order valence-corrected chi connectivity index (χ0v) is 26.0. The summed E-state index contributed by atoms with van der Waals surface area (Å²) >= 11 is 0. The highest BCUT2D eigenvalue weighted by molar-refractivity contribution is 5.93. The fraction of sp³-hybridized carbons (Fsp3) is 0.278. The Morgan fingerprint density at radius 1 is 0.958 bits per heavy atom. The molecule has 3 aromatic carbocycles. The van der Waals surface area contributed by atoms with E-state index in [9.17, 15) is 9.18 Å². The average molecular weight is 654 g/mol. The summed E-state index contributed by atoms with van der Waals surface area (Å²) in [6.45, 7) is 4.53. The van der Waals surface area contributed by atoms with Crippen LogP contribution in [0.3, 0.4) is 0 Å². The maximum absolute atomic E-state index is 15.7. The number of nitrogens with zero attached hydrogens (tertiary/aromatic N) is 5. The van der Waals surface area contributed by atoms with E-state index in [0.717, 1.165) is 51.0 Å². The smallest absolute Gasteiger partial charge is 0.337 e. The number of carbonyl (C=O) groups excluding carboxylic acids is 1. The van der Waals surface area contributed by atoms with Gasteiger partial charge in [-0.25, -0.2) is 27.9 Å². The molecule has 2 aliphatic rings. The number of aromatic nitrogens is 3. The number of pyridine rings is 1. The number of carbonyl (C=O) groups is 1. The highest BCUT2D eigenvalue weighted by atomic mass is 19.1. The molecule has 12 heteroatoms. The van der Waals surface area contributed by atoms with Crippen LogP contribution in [0, 0.1) is 34.2 Å². The minimum atomic E-state index is -0.682. The van der Waals surface area contributed by atoms with E-state index in [1.807, 2.05) is 10.6 Å². The van der Waals surface area contributed by atoms with Crippen LogP contribution in [0.25, 0.3) is 22.3 Å². The zero-order valence-electron chi connectivity index (χ0n) is 26.0. The Morgan fingerprint density at radius 2 is 1.77 bits per heavy atom. The number of rotatable bonds is 10. The third-order valence-corrected chi connectivity index (χ3v) is 8.86. The van der Waals surface area contributed by atoms with Crippen LogP contribution >= 0.6 is 0 Å². The van der Waals surface area contributed by atoms with Crippen molar-refractivity contribution >= 4 is 17.0 Å². The maximum Gasteiger partial charge on any atom is 0.337 e. The number of hydrogen-bond acceptors (Lipinski definition) is 8. The molecular weight excluding hydrogens is 623 g/mol. The van der Waals surface area contributed by atoms with E-state index in [4.69, 9.17) is 24.5 Å². The molecule has 0 saturated carbocycles. The van der Waals surface area contributed by atoms with Gasteiger partial charge < -0.3 is 23.7 Å². The second-order valence-electron chi connectivity index (χ2n) is 12.2. The van der Waals surface area contributed by atoms with Gasteiger partial charge in [0.25, 0.3) is 0 Å². The lowest BCUT2D eigenvalue weighted by Gasteiger charge is -2.55. The van der Waals surface area contributed by atoms with Gasteiger partial charge in [-0.05, 0) is 54.1 Å². The summed E-state index contributed by atoms with van der Waals surface area (Å²) in [5.41, 5.74) is 2.55. The molecule has 0 aliphatic carbocycles. The number of ether oxygens (including phenoxy) is 3. The summed E-state index contributed by atoms with van der Waals surface area (Å²) in [5, 5.41) is 8.94. The Labute approximate surface area is 274 Å². The van der Waals surface area contributed by atoms with Gasteiger partial charge in [0.05, 0.1) is 54.2 Å². The predicted molar refractivity (Wildman–Crippen MR) is 169 cm³/mol. The SMILES string of the molecule is COC(=O)c1ccc2nc(Cc3cc(F)c(-c4cccc(OCc5ccc(C#N)cc5F)n4)cc3F)n(CCN3CC4(COC4)C3)c2c1. The van der Waals surface area contributed by atoms with Crippen molar-refractivity contribution in [2.45, 2.75) is 19.6 Å². The van der Waals surface area contributed by atoms with Gasteiger partial charge in [-0.3, -0.25) is 0 Å². The number of methoxy groups -OCH3 is 1. The van der Waals surface area contributed by atoms with Gasteiger partial charge in [-0.1, -0.05) is 12.1 Å². The highest BCUT2D eigenvalue weighted by Crippen LogP contribution is 2.37. The van der Waals surface area contributed by atoms with E-state index in [1.165, 1.54) is 31.4 Å². The van der Waals surface area contributed by atoms with Crippen molar-refractivity contribution in [3.63, 3.8) is 0 Å². The molecule has 9 nitrogen and oxygen atoms in total. The van der Waals surface area contributed by atoms with Crippen LogP contribution in [0.5, 0.6) is 5.88 Å². The number of nitriles is 1. The van der Waals surface area contributed by atoms with Crippen LogP contribution in [-0.2, 0) is 29.0 Å². The van der Waals surface area contributed by atoms with Crippen LogP contribution in [0.15, 0.2) is 66.7 Å². The number of fused-ring (bicyclic) bond motifs is 1. The maximum atomic E-state index is 15.7. The van der Waals surface area contributed by atoms with E-state index < -0.39 is 23.4 Å². The van der Waals surface area contributed by atoms with Gasteiger partial charge >= 0.3 is 5.97 Å². The summed E-state index contributed by atoms with van der Waals surface area (Å²) in [7, 11) is 1.32. The quantitative estimate of drug-likeness (QED) is 0.178. The molecule has 2 aliphatic heterocycles. The molecule has 0 N–H and O–H groups in total. The number of esters is 1. The molecular formula is C36H30F3N5O4. The van der Waals surface area contributed by atoms with Gasteiger partial charge in [-0.15, -0.1) is 0 Å². The largest absolute Gasteiger partial charge is 0.473 e. The summed E-state index contributed by atoms with van der Waals surface area (Å²) < 4.78 is 63.5. The predicted octanol–water partition coefficient (Wildman–Crippen LogP) is 5.68. The Morgan fingerprint density at radius 3 is 2.50 bits per heavy atom. The van der Waals surface area contributed by atoms with Crippen molar-refractivity contribution in [3.05, 3.63) is 112 Å². The first kappa shape index (κ1) is 31.4. The molecule has 2 aromatic heterocycles. The van der Waals surface area contributed by atoms with Gasteiger partial charge in [0.1, 0.15) is 29.9 Å². The molecule has 5 aromatic rings. The monoisotopic (exact) mass is 653 g/mol. The first-order chi connectivity index (χ1) is 23.2. The average Bonchev–Trinajstić information content (AvgIpc) is 3.39. The van der Waals surface area contributed by atoms with Crippen LogP contribution in [-0.4, -0.2) is 65.4 Å². The van der Waals surface area contributed by atoms with E-state index in [-0.39, 0.29) is 52.3 Å². The third kappa shape index (κ3) is 6.10. The Bertz CT molecular complexity index is 2080. The fourth-order valence-electron chi connectivity index (χ4n) is 6.30. The highest BCUT2D eigenvalue weighted by Gasteiger charge is 2.48. The zero-order chi connectivity index (χ0) is 33.4. The van der Waals surface area contributed by atoms with Crippen molar-refractivity contribution in [2.24, 2.45) is 5.41 Å². The first-order valence-corrected chi connectivity index (χ1v) is 15.4. The number of likely N-dealkylation sites (tertiary alicyclic amines) is 1. The van der Waals surface area contributed by atoms with Crippen LogP contribution in [0.2, 0.25) is 0 Å². The Hall–Kier alpha value is -5.25. The molecule has 48 heavy (non-hydrogen) atoms. The van der Waals surface area contributed by atoms with Gasteiger partial charge in [-0.2, -0.15) is 5.26 Å². The minimum Gasteiger partial charge on any atom is -0.473 e. The molecule has 1 spiro atoms. The lowest BCUT2D eigenvalue weighted by molar-refractivity contribution is -0.189. The van der Waals surface area contributed by atoms with E-state index in [0.29, 0.717) is 29.0 Å². The second kappa shape index (κ2) is 12.7. The number of imidazole rings is 1. The standard InChI is InChI=1S/C36H30F3N5O4/c1-46-35(45)23-7-8-31-32(13-23)44(10-9-43-18-36(19-43)20-47-21-36)33(41-31)14-25-12-29(39)26(15-28(25)38)30-3-2-4-34(42-30)48-17-24-6-5-22(16-40)11-27(24)37/h2-8,11-13,15H,9-10,14,17-21H2,1H3. The fourth-order valence-corrected chi connectivity index (χ4v) is 6.30. The Balaban J connectivity index is 1.12. The first-order valence-electron chi connectivity index (χ1n) is 15.4. The second-order valence-corrected chi connectivity index (χ2v) is 12.2. The molecule has 244 valence electrons. The minimum absolute atomic E-state index is 0.00971. The molecule has 0 atom stereocenters. The molecule has 0 unspecified atom stereocenters. The van der Waals surface area contributed by atoms with Crippen LogP contribution in [0.1, 0.15) is 32.9 Å². The summed E-state index contributed by atoms with van der Waals surface area (Å²) in [6, 6.07) is 17.9. The van der Waals surface area contributed by atoms with Gasteiger partial charge in [0, 0.05) is 55.2 Å². The van der Waals surface area contributed by atoms with Crippen molar-refractivity contribution in [1.82, 2.24) is 19.4 Å². The van der Waals surface area contributed by atoms with Gasteiger partial charge in [0.2, 0.25) is 5.88 Å². The summed E-state index contributed by atoms with van der Waals surface area (Å²) in [5.74, 6) is -1.76. The number of hydrogen-bond donors (Lipinski definition) is 0. The molecule has 2 saturated heterocycles. The lowest BCUT2D eigenvalue weighted by Crippen LogP contribution is -2.66. The lowest BCUT2D eigenvalue weighted by atomic mass is 9.78. The molecule has 0 bridgehead atoms. The topological polar surface area (TPSA) is 102 Å². The van der Waals surface area contributed by atoms with E-state index in [1.54, 1.807) is 24.3 Å². The molecule has 0 radical (unpaired) electrons. The van der Waals surface area contributed by atoms with Crippen molar-refractivity contribution in [3.8, 4) is 23.2 Å². The Kier molecular flexibility index (Phi) is 8.33. The molecule has 2 fully saturated rings. The number of halogens is 3.